The number of para-hydroxylation sites is 4. The standard InChI is InChI=1S/C37H47N5P2.CH3.2ClH.Po.H/c1-26-14-10-15-27(2)34(26)39-22-23-40(35-28(3)16-11-17-29(35)4)43(39)38(9)44-41(36-30(5)18-12-19-31(36)6)24-25-42(44)37-32(7)20-13-21-33(37)8;;;;;/h10-21H,22-25H2,1-9H3;1H3;2*1H;;/q;;;;+2;. The predicted molar refractivity (Wildman–Crippen MR) is 222 cm³/mol. The number of benzene rings is 4. The van der Waals surface area contributed by atoms with Gasteiger partial charge in [0.05, 0.1) is 56.0 Å². The van der Waals surface area contributed by atoms with Gasteiger partial charge < -0.3 is 0 Å². The van der Waals surface area contributed by atoms with Gasteiger partial charge in [-0.1, -0.05) is 72.8 Å². The Morgan fingerprint density at radius 2 is 0.625 bits per heavy atom. The zero-order valence-electron chi connectivity index (χ0n) is 30.2. The first-order valence-electron chi connectivity index (χ1n) is 16.7. The van der Waals surface area contributed by atoms with Gasteiger partial charge in [-0.3, -0.25) is 0 Å². The molecular formula is C38H53Cl2N5P2Po+2. The summed E-state index contributed by atoms with van der Waals surface area (Å²) in [6.45, 7) is 22.4. The second-order valence-electron chi connectivity index (χ2n) is 13.1. The Bertz CT molecular complexity index is 1430. The molecule has 0 aliphatic carbocycles. The number of rotatable bonds is 6. The molecule has 0 unspecified atom stereocenters. The monoisotopic (exact) mass is 920 g/mol. The van der Waals surface area contributed by atoms with Crippen molar-refractivity contribution in [1.29, 1.82) is 0 Å². The van der Waals surface area contributed by atoms with Gasteiger partial charge in [-0.2, -0.15) is 0 Å². The Labute approximate surface area is 307 Å². The molecule has 0 radical (unpaired) electrons. The van der Waals surface area contributed by atoms with Crippen LogP contribution < -0.4 is 18.7 Å². The number of hydrogen-bond donors (Lipinski definition) is 0. The van der Waals surface area contributed by atoms with Gasteiger partial charge in [-0.05, 0) is 99.9 Å². The Balaban J connectivity index is 0.00000107. The van der Waals surface area contributed by atoms with Gasteiger partial charge in [0, 0.05) is 4.44 Å². The van der Waals surface area contributed by atoms with Crippen LogP contribution in [0, 0.1) is 55.4 Å². The molecule has 0 bridgehead atoms. The van der Waals surface area contributed by atoms with E-state index in [4.69, 9.17) is 16.9 Å². The third kappa shape index (κ3) is 7.66. The summed E-state index contributed by atoms with van der Waals surface area (Å²) in [5.41, 5.74) is 16.6. The van der Waals surface area contributed by atoms with Gasteiger partial charge in [0.1, 0.15) is 0 Å². The van der Waals surface area contributed by atoms with Crippen LogP contribution in [0.4, 0.5) is 22.7 Å². The first kappa shape index (κ1) is 37.6. The predicted octanol–water partition coefficient (Wildman–Crippen LogP) is 10.7. The van der Waals surface area contributed by atoms with Crippen LogP contribution in [0.15, 0.2) is 72.8 Å². The molecule has 0 spiro atoms. The summed E-state index contributed by atoms with van der Waals surface area (Å²) in [6, 6.07) is 27.2. The number of halogens is 2. The van der Waals surface area contributed by atoms with E-state index in [0.717, 1.165) is 26.2 Å². The summed E-state index contributed by atoms with van der Waals surface area (Å²) in [7, 11) is 10.1. The normalized spacial score (nSPS) is 15.8. The Hall–Kier alpha value is -1.62. The van der Waals surface area contributed by atoms with E-state index in [1.165, 1.54) is 67.3 Å². The average molecular weight is 922 g/mol. The fraction of sp³-hybridized carbons (Fsp3) is 0.368. The topological polar surface area (TPSA) is 16.2 Å². The van der Waals surface area contributed by atoms with Gasteiger partial charge in [0.2, 0.25) is 0 Å². The molecule has 0 aromatic heterocycles. The van der Waals surface area contributed by atoms with Crippen LogP contribution >= 0.6 is 33.6 Å². The summed E-state index contributed by atoms with van der Waals surface area (Å²) in [5, 5.41) is 0. The third-order valence-corrected chi connectivity index (χ3v) is 15.6. The molecule has 5 nitrogen and oxygen atoms in total. The second-order valence-corrected chi connectivity index (χ2v) is 31.8. The summed E-state index contributed by atoms with van der Waals surface area (Å²) in [5.74, 6) is 0. The van der Waals surface area contributed by atoms with Crippen LogP contribution in [-0.4, -0.2) is 57.3 Å². The van der Waals surface area contributed by atoms with Crippen molar-refractivity contribution in [1.82, 2.24) is 4.44 Å². The van der Waals surface area contributed by atoms with Crippen molar-refractivity contribution in [3.8, 4) is 0 Å². The van der Waals surface area contributed by atoms with Crippen LogP contribution in [0.1, 0.15) is 44.5 Å². The van der Waals surface area contributed by atoms with Crippen LogP contribution in [-0.2, 0) is 0 Å². The molecule has 0 amide bonds. The van der Waals surface area contributed by atoms with E-state index in [-0.39, 0.29) is 0 Å². The molecule has 10 heteroatoms. The van der Waals surface area contributed by atoms with Gasteiger partial charge in [0.25, 0.3) is 16.7 Å². The fourth-order valence-electron chi connectivity index (χ4n) is 7.68. The second kappa shape index (κ2) is 16.2. The van der Waals surface area contributed by atoms with Crippen LogP contribution in [0.2, 0.25) is 4.58 Å². The SMILES string of the molecule is Cc1cccc(C)c1N1CCN(c2c(C)cccc2C)[PH+]1N(C)[PH+]1N(c2c(C)cccc2C)CCN1c1c(C)cccc1C.[CH3][PoH]([Cl])[Cl]. The van der Waals surface area contributed by atoms with Crippen molar-refractivity contribution in [2.45, 2.75) is 60.0 Å². The number of nitrogens with zero attached hydrogens (tertiary/aromatic N) is 5. The van der Waals surface area contributed by atoms with Crippen LogP contribution in [0.3, 0.4) is 0 Å². The van der Waals surface area contributed by atoms with Crippen LogP contribution in [0.25, 0.3) is 0 Å². The van der Waals surface area contributed by atoms with Gasteiger partial charge >= 0.3 is 41.1 Å². The van der Waals surface area contributed by atoms with Gasteiger partial charge in [-0.25, -0.2) is 18.7 Å². The molecule has 0 saturated carbocycles. The number of aryl methyl sites for hydroxylation is 8. The van der Waals surface area contributed by atoms with Crippen molar-refractivity contribution in [3.63, 3.8) is 0 Å². The molecular weight excluding hydrogens is 868 g/mol. The molecule has 258 valence electrons. The molecule has 2 aliphatic rings. The number of anilines is 4. The minimum absolute atomic E-state index is 1.03. The summed E-state index contributed by atoms with van der Waals surface area (Å²) >= 11 is -1.65. The Morgan fingerprint density at radius 3 is 0.792 bits per heavy atom. The Morgan fingerprint density at radius 1 is 0.458 bits per heavy atom. The molecule has 48 heavy (non-hydrogen) atoms. The molecule has 6 rings (SSSR count). The van der Waals surface area contributed by atoms with Crippen molar-refractivity contribution in [3.05, 3.63) is 117 Å². The molecule has 4 aromatic rings. The van der Waals surface area contributed by atoms with E-state index in [1.807, 2.05) is 4.58 Å². The van der Waals surface area contributed by atoms with Gasteiger partial charge in [0.15, 0.2) is 0 Å². The third-order valence-electron chi connectivity index (χ3n) is 9.50. The van der Waals surface area contributed by atoms with Crippen molar-refractivity contribution in [2.75, 3.05) is 51.9 Å². The van der Waals surface area contributed by atoms with Crippen molar-refractivity contribution in [2.24, 2.45) is 0 Å². The van der Waals surface area contributed by atoms with E-state index in [2.05, 4.69) is 158 Å². The summed E-state index contributed by atoms with van der Waals surface area (Å²) < 4.78 is 15.9. The number of hydrogen-bond acceptors (Lipinski definition) is 5. The molecule has 4 aromatic carbocycles. The van der Waals surface area contributed by atoms with Crippen LogP contribution in [0.5, 0.6) is 0 Å². The maximum absolute atomic E-state index is 5.24. The van der Waals surface area contributed by atoms with E-state index in [9.17, 15) is 0 Å². The summed E-state index contributed by atoms with van der Waals surface area (Å²) in [4.78, 5) is 0. The molecule has 2 aliphatic heterocycles. The first-order valence-corrected chi connectivity index (χ1v) is 31.4. The van der Waals surface area contributed by atoms with E-state index in [0.29, 0.717) is 0 Å². The minimum atomic E-state index is -1.65. The molecule has 2 heterocycles. The van der Waals surface area contributed by atoms with E-state index in [1.54, 1.807) is 0 Å². The van der Waals surface area contributed by atoms with Crippen molar-refractivity contribution >= 4 is 76.1 Å². The quantitative estimate of drug-likeness (QED) is 0.179. The Kier molecular flexibility index (Phi) is 12.7. The molecule has 2 saturated heterocycles. The maximum atomic E-state index is 5.24. The molecule has 2 fully saturated rings. The molecule has 0 atom stereocenters. The summed E-state index contributed by atoms with van der Waals surface area (Å²) in [6.07, 6.45) is 0. The van der Waals surface area contributed by atoms with E-state index < -0.39 is 36.4 Å². The van der Waals surface area contributed by atoms with Crippen molar-refractivity contribution < 1.29 is 0 Å². The van der Waals surface area contributed by atoms with Gasteiger partial charge in [-0.15, -0.1) is 0 Å². The fourth-order valence-corrected chi connectivity index (χ4v) is 15.3. The average Bonchev–Trinajstić information content (AvgIpc) is 3.62. The zero-order chi connectivity index (χ0) is 34.9. The first-order chi connectivity index (χ1) is 22.8. The zero-order valence-corrected chi connectivity index (χ0v) is 37.2. The molecule has 0 N–H and O–H groups in total. The van der Waals surface area contributed by atoms with E-state index >= 15 is 0 Å².